The summed E-state index contributed by atoms with van der Waals surface area (Å²) in [7, 11) is 0. The van der Waals surface area contributed by atoms with Crippen molar-refractivity contribution >= 4 is 17.7 Å². The quantitative estimate of drug-likeness (QED) is 0.686. The molecule has 0 unspecified atom stereocenters. The number of rotatable bonds is 0. The summed E-state index contributed by atoms with van der Waals surface area (Å²) < 4.78 is 5.40. The molecule has 2 rings (SSSR count). The van der Waals surface area contributed by atoms with Gasteiger partial charge in [-0.2, -0.15) is 0 Å². The van der Waals surface area contributed by atoms with Crippen molar-refractivity contribution in [1.29, 1.82) is 0 Å². The van der Waals surface area contributed by atoms with E-state index in [9.17, 15) is 4.79 Å². The monoisotopic (exact) mass is 282 g/mol. The second-order valence-electron chi connectivity index (χ2n) is 5.83. The van der Waals surface area contributed by atoms with Gasteiger partial charge in [-0.15, -0.1) is 0 Å². The molecular formula is C14H19ClN2O2. The van der Waals surface area contributed by atoms with Crippen molar-refractivity contribution in [3.63, 3.8) is 0 Å². The zero-order chi connectivity index (χ0) is 14.2. The number of hydrogen-bond acceptors (Lipinski definition) is 3. The summed E-state index contributed by atoms with van der Waals surface area (Å²) in [6, 6.07) is 0. The Kier molecular flexibility index (Phi) is 3.72. The molecule has 1 aromatic rings. The van der Waals surface area contributed by atoms with Crippen LogP contribution in [-0.2, 0) is 17.7 Å². The fourth-order valence-corrected chi connectivity index (χ4v) is 2.28. The molecule has 0 radical (unpaired) electrons. The highest BCUT2D eigenvalue weighted by atomic mass is 35.5. The van der Waals surface area contributed by atoms with Crippen LogP contribution in [0, 0.1) is 6.92 Å². The van der Waals surface area contributed by atoms with Crippen molar-refractivity contribution in [1.82, 2.24) is 9.88 Å². The lowest BCUT2D eigenvalue weighted by atomic mass is 9.99. The maximum atomic E-state index is 12.1. The smallest absolute Gasteiger partial charge is 0.410 e. The van der Waals surface area contributed by atoms with Gasteiger partial charge in [0, 0.05) is 19.3 Å². The first-order valence-electron chi connectivity index (χ1n) is 6.39. The normalized spacial score (nSPS) is 15.1. The minimum Gasteiger partial charge on any atom is -0.444 e. The molecule has 104 valence electrons. The van der Waals surface area contributed by atoms with Crippen LogP contribution in [0.25, 0.3) is 0 Å². The number of pyridine rings is 1. The van der Waals surface area contributed by atoms with Gasteiger partial charge in [0.1, 0.15) is 10.8 Å². The van der Waals surface area contributed by atoms with E-state index in [1.54, 1.807) is 11.1 Å². The molecule has 0 bridgehead atoms. The van der Waals surface area contributed by atoms with Crippen molar-refractivity contribution in [2.45, 2.75) is 46.3 Å². The Labute approximate surface area is 118 Å². The van der Waals surface area contributed by atoms with Crippen LogP contribution < -0.4 is 0 Å². The zero-order valence-electron chi connectivity index (χ0n) is 11.8. The molecule has 0 aromatic carbocycles. The first-order valence-corrected chi connectivity index (χ1v) is 6.76. The predicted octanol–water partition coefficient (Wildman–Crippen LogP) is 3.34. The van der Waals surface area contributed by atoms with Crippen LogP contribution in [0.1, 0.15) is 37.5 Å². The Balaban J connectivity index is 2.18. The molecule has 0 N–H and O–H groups in total. The van der Waals surface area contributed by atoms with E-state index in [1.807, 2.05) is 27.7 Å². The summed E-state index contributed by atoms with van der Waals surface area (Å²) in [5.74, 6) is 0. The minimum atomic E-state index is -0.470. The van der Waals surface area contributed by atoms with Crippen LogP contribution >= 0.6 is 11.6 Å². The molecule has 1 aliphatic rings. The largest absolute Gasteiger partial charge is 0.444 e. The van der Waals surface area contributed by atoms with Crippen molar-refractivity contribution < 1.29 is 9.53 Å². The van der Waals surface area contributed by atoms with Crippen LogP contribution in [-0.4, -0.2) is 28.1 Å². The number of fused-ring (bicyclic) bond motifs is 1. The second-order valence-corrected chi connectivity index (χ2v) is 6.19. The van der Waals surface area contributed by atoms with Gasteiger partial charge in [-0.05, 0) is 50.8 Å². The zero-order valence-corrected chi connectivity index (χ0v) is 12.5. The lowest BCUT2D eigenvalue weighted by Crippen LogP contribution is -2.40. The van der Waals surface area contributed by atoms with Gasteiger partial charge in [0.25, 0.3) is 0 Å². The van der Waals surface area contributed by atoms with E-state index in [-0.39, 0.29) is 6.09 Å². The van der Waals surface area contributed by atoms with Gasteiger partial charge in [-0.1, -0.05) is 11.6 Å². The highest BCUT2D eigenvalue weighted by Crippen LogP contribution is 2.26. The summed E-state index contributed by atoms with van der Waals surface area (Å²) in [6.07, 6.45) is 2.32. The Morgan fingerprint density at radius 1 is 1.47 bits per heavy atom. The fraction of sp³-hybridized carbons (Fsp3) is 0.571. The van der Waals surface area contributed by atoms with Gasteiger partial charge in [0.15, 0.2) is 0 Å². The number of nitrogens with zero attached hydrogens (tertiary/aromatic N) is 2. The second kappa shape index (κ2) is 5.00. The molecule has 0 spiro atoms. The number of ether oxygens (including phenoxy) is 1. The molecule has 1 amide bonds. The highest BCUT2D eigenvalue weighted by molar-refractivity contribution is 6.30. The molecule has 4 nitrogen and oxygen atoms in total. The van der Waals surface area contributed by atoms with Gasteiger partial charge in [0.05, 0.1) is 0 Å². The van der Waals surface area contributed by atoms with Crippen molar-refractivity contribution in [3.8, 4) is 0 Å². The van der Waals surface area contributed by atoms with Gasteiger partial charge in [-0.3, -0.25) is 0 Å². The Bertz CT molecular complexity index is 509. The van der Waals surface area contributed by atoms with Crippen molar-refractivity contribution in [3.05, 3.63) is 28.0 Å². The summed E-state index contributed by atoms with van der Waals surface area (Å²) in [6.45, 7) is 8.74. The molecule has 0 atom stereocenters. The third kappa shape index (κ3) is 3.18. The lowest BCUT2D eigenvalue weighted by molar-refractivity contribution is 0.0223. The van der Waals surface area contributed by atoms with E-state index in [0.717, 1.165) is 17.5 Å². The number of carbonyl (C=O) groups is 1. The van der Waals surface area contributed by atoms with Gasteiger partial charge in [0.2, 0.25) is 0 Å². The van der Waals surface area contributed by atoms with Crippen molar-refractivity contribution in [2.75, 3.05) is 6.54 Å². The molecule has 2 heterocycles. The average molecular weight is 283 g/mol. The average Bonchev–Trinajstić information content (AvgIpc) is 2.31. The predicted molar refractivity (Wildman–Crippen MR) is 74.3 cm³/mol. The molecule has 1 aromatic heterocycles. The fourth-order valence-electron chi connectivity index (χ4n) is 2.12. The summed E-state index contributed by atoms with van der Waals surface area (Å²) in [5.41, 5.74) is 2.74. The molecule has 5 heteroatoms. The van der Waals surface area contributed by atoms with E-state index in [4.69, 9.17) is 16.3 Å². The van der Waals surface area contributed by atoms with Gasteiger partial charge < -0.3 is 9.64 Å². The molecule has 0 aliphatic carbocycles. The molecular weight excluding hydrogens is 264 g/mol. The summed E-state index contributed by atoms with van der Waals surface area (Å²) >= 11 is 6.03. The number of aromatic nitrogens is 1. The number of hydrogen-bond donors (Lipinski definition) is 0. The minimum absolute atomic E-state index is 0.273. The Hall–Kier alpha value is -1.29. The first-order chi connectivity index (χ1) is 8.78. The standard InChI is InChI=1S/C14H19ClN2O2/c1-9-11-8-17(13(18)19-14(2,3)4)6-5-10(11)7-16-12(9)15/h7H,5-6,8H2,1-4H3. The summed E-state index contributed by atoms with van der Waals surface area (Å²) in [4.78, 5) is 17.9. The van der Waals surface area contributed by atoms with Crippen LogP contribution in [0.4, 0.5) is 4.79 Å². The Morgan fingerprint density at radius 2 is 2.16 bits per heavy atom. The maximum absolute atomic E-state index is 12.1. The number of amides is 1. The van der Waals surface area contributed by atoms with Gasteiger partial charge >= 0.3 is 6.09 Å². The first kappa shape index (κ1) is 14.1. The Morgan fingerprint density at radius 3 is 2.79 bits per heavy atom. The highest BCUT2D eigenvalue weighted by Gasteiger charge is 2.27. The van der Waals surface area contributed by atoms with Crippen LogP contribution in [0.2, 0.25) is 5.15 Å². The van der Waals surface area contributed by atoms with E-state index in [1.165, 1.54) is 5.56 Å². The topological polar surface area (TPSA) is 42.4 Å². The van der Waals surface area contributed by atoms with Gasteiger partial charge in [-0.25, -0.2) is 9.78 Å². The third-order valence-electron chi connectivity index (χ3n) is 3.14. The lowest BCUT2D eigenvalue weighted by Gasteiger charge is -2.31. The van der Waals surface area contributed by atoms with Crippen molar-refractivity contribution in [2.24, 2.45) is 0 Å². The SMILES string of the molecule is Cc1c(Cl)ncc2c1CN(C(=O)OC(C)(C)C)CC2. The number of carbonyl (C=O) groups excluding carboxylic acids is 1. The summed E-state index contributed by atoms with van der Waals surface area (Å²) in [5, 5.41) is 0.504. The van der Waals surface area contributed by atoms with Crippen LogP contribution in [0.5, 0.6) is 0 Å². The van der Waals surface area contributed by atoms with E-state index in [2.05, 4.69) is 4.98 Å². The van der Waals surface area contributed by atoms with E-state index in [0.29, 0.717) is 18.2 Å². The molecule has 1 aliphatic heterocycles. The molecule has 19 heavy (non-hydrogen) atoms. The molecule has 0 fully saturated rings. The third-order valence-corrected chi connectivity index (χ3v) is 3.52. The number of halogens is 1. The molecule has 0 saturated carbocycles. The maximum Gasteiger partial charge on any atom is 0.410 e. The van der Waals surface area contributed by atoms with E-state index >= 15 is 0 Å². The van der Waals surface area contributed by atoms with Crippen LogP contribution in [0.15, 0.2) is 6.20 Å². The molecule has 0 saturated heterocycles. The van der Waals surface area contributed by atoms with Crippen LogP contribution in [0.3, 0.4) is 0 Å². The van der Waals surface area contributed by atoms with E-state index < -0.39 is 5.60 Å².